The summed E-state index contributed by atoms with van der Waals surface area (Å²) >= 11 is 0. The van der Waals surface area contributed by atoms with Crippen LogP contribution in [0, 0.1) is 0 Å². The minimum Gasteiger partial charge on any atom is -1.00 e. The summed E-state index contributed by atoms with van der Waals surface area (Å²) in [4.78, 5) is 11.9. The molecule has 0 N–H and O–H groups in total. The molecule has 0 spiro atoms. The molecule has 0 aliphatic heterocycles. The Morgan fingerprint density at radius 3 is 2.12 bits per heavy atom. The molecule has 96 valence electrons. The molecule has 0 aliphatic rings. The van der Waals surface area contributed by atoms with E-state index in [9.17, 15) is 4.79 Å². The fourth-order valence-electron chi connectivity index (χ4n) is 1.68. The van der Waals surface area contributed by atoms with E-state index < -0.39 is 0 Å². The molecule has 0 atom stereocenters. The maximum Gasteiger partial charge on any atom is 0.168 e. The molecule has 0 heterocycles. The molecule has 0 radical (unpaired) electrons. The number of Topliss-reactive ketones (excluding diaryl/α,β-unsaturated/α-hetero) is 1. The Hall–Kier alpha value is -0.420. The van der Waals surface area contributed by atoms with E-state index >= 15 is 0 Å². The van der Waals surface area contributed by atoms with Gasteiger partial charge >= 0.3 is 0 Å². The van der Waals surface area contributed by atoms with E-state index in [1.54, 1.807) is 0 Å². The standard InChI is InChI=1S/C14H22NO.HI/c1-4-15(3,5-2)12-11-14(16)13-9-7-6-8-10-13;/h6-10H,4-5,11-12H2,1-3H3;1H/q+1;/p-1. The number of hydrogen-bond acceptors (Lipinski definition) is 1. The van der Waals surface area contributed by atoms with Crippen LogP contribution in [0.2, 0.25) is 0 Å². The topological polar surface area (TPSA) is 17.1 Å². The Labute approximate surface area is 122 Å². The summed E-state index contributed by atoms with van der Waals surface area (Å²) in [5.74, 6) is 0.256. The van der Waals surface area contributed by atoms with Crippen molar-refractivity contribution >= 4 is 5.78 Å². The first kappa shape index (κ1) is 16.6. The van der Waals surface area contributed by atoms with Crippen molar-refractivity contribution < 1.29 is 33.3 Å². The monoisotopic (exact) mass is 347 g/mol. The van der Waals surface area contributed by atoms with Crippen LogP contribution in [0.3, 0.4) is 0 Å². The van der Waals surface area contributed by atoms with Crippen LogP contribution in [-0.4, -0.2) is 36.9 Å². The molecule has 3 heteroatoms. The number of nitrogens with zero attached hydrogens (tertiary/aromatic N) is 1. The summed E-state index contributed by atoms with van der Waals surface area (Å²) in [6.07, 6.45) is 0.641. The molecule has 1 aromatic carbocycles. The molecule has 2 nitrogen and oxygen atoms in total. The molecule has 0 aliphatic carbocycles. The van der Waals surface area contributed by atoms with E-state index in [2.05, 4.69) is 20.9 Å². The van der Waals surface area contributed by atoms with Gasteiger partial charge in [0.25, 0.3) is 0 Å². The van der Waals surface area contributed by atoms with E-state index in [0.29, 0.717) is 6.42 Å². The molecule has 0 bridgehead atoms. The third-order valence-electron chi connectivity index (χ3n) is 3.50. The maximum absolute atomic E-state index is 11.9. The van der Waals surface area contributed by atoms with Crippen molar-refractivity contribution in [2.75, 3.05) is 26.7 Å². The zero-order chi connectivity index (χ0) is 12.0. The van der Waals surface area contributed by atoms with Crippen molar-refractivity contribution in [3.8, 4) is 0 Å². The van der Waals surface area contributed by atoms with Gasteiger partial charge in [0, 0.05) is 5.56 Å². The first-order chi connectivity index (χ1) is 7.61. The minimum absolute atomic E-state index is 0. The number of ketones is 1. The Bertz CT molecular complexity index is 333. The van der Waals surface area contributed by atoms with Gasteiger partial charge in [-0.1, -0.05) is 30.3 Å². The number of hydrogen-bond donors (Lipinski definition) is 0. The van der Waals surface area contributed by atoms with Crippen LogP contribution < -0.4 is 24.0 Å². The first-order valence-electron chi connectivity index (χ1n) is 6.03. The van der Waals surface area contributed by atoms with Gasteiger partial charge in [0.15, 0.2) is 5.78 Å². The number of rotatable bonds is 6. The summed E-state index contributed by atoms with van der Waals surface area (Å²) < 4.78 is 0.971. The molecule has 0 amide bonds. The SMILES string of the molecule is CC[N+](C)(CC)CCC(=O)c1ccccc1.[I-]. The Morgan fingerprint density at radius 2 is 1.65 bits per heavy atom. The van der Waals surface area contributed by atoms with Gasteiger partial charge < -0.3 is 28.5 Å². The predicted molar refractivity (Wildman–Crippen MR) is 67.5 cm³/mol. The Balaban J connectivity index is 0.00000256. The van der Waals surface area contributed by atoms with Gasteiger partial charge in [-0.05, 0) is 13.8 Å². The second-order valence-electron chi connectivity index (χ2n) is 4.51. The summed E-state index contributed by atoms with van der Waals surface area (Å²) in [6.45, 7) is 7.45. The lowest BCUT2D eigenvalue weighted by molar-refractivity contribution is -0.905. The largest absolute Gasteiger partial charge is 1.00 e. The fourth-order valence-corrected chi connectivity index (χ4v) is 1.68. The van der Waals surface area contributed by atoms with E-state index in [-0.39, 0.29) is 29.8 Å². The van der Waals surface area contributed by atoms with Gasteiger partial charge in [0.2, 0.25) is 0 Å². The van der Waals surface area contributed by atoms with Crippen LogP contribution in [0.4, 0.5) is 0 Å². The molecule has 0 unspecified atom stereocenters. The molecule has 0 fully saturated rings. The zero-order valence-electron chi connectivity index (χ0n) is 10.9. The zero-order valence-corrected chi connectivity index (χ0v) is 13.1. The second kappa shape index (κ2) is 7.82. The lowest BCUT2D eigenvalue weighted by Gasteiger charge is -2.31. The lowest BCUT2D eigenvalue weighted by Crippen LogP contribution is -3.00. The quantitative estimate of drug-likeness (QED) is 0.394. The summed E-state index contributed by atoms with van der Waals surface area (Å²) in [5.41, 5.74) is 0.834. The number of benzene rings is 1. The summed E-state index contributed by atoms with van der Waals surface area (Å²) in [5, 5.41) is 0. The van der Waals surface area contributed by atoms with E-state index in [1.807, 2.05) is 30.3 Å². The predicted octanol–water partition coefficient (Wildman–Crippen LogP) is -0.250. The van der Waals surface area contributed by atoms with E-state index in [4.69, 9.17) is 0 Å². The van der Waals surface area contributed by atoms with Crippen molar-refractivity contribution in [2.24, 2.45) is 0 Å². The molecule has 0 saturated carbocycles. The van der Waals surface area contributed by atoms with E-state index in [1.165, 1.54) is 0 Å². The number of halogens is 1. The molecule has 1 rings (SSSR count). The van der Waals surface area contributed by atoms with Crippen LogP contribution >= 0.6 is 0 Å². The van der Waals surface area contributed by atoms with Crippen LogP contribution in [0.15, 0.2) is 30.3 Å². The average Bonchev–Trinajstić information content (AvgIpc) is 2.36. The van der Waals surface area contributed by atoms with Gasteiger partial charge in [-0.3, -0.25) is 4.79 Å². The molecular weight excluding hydrogens is 325 g/mol. The van der Waals surface area contributed by atoms with Gasteiger partial charge in [-0.15, -0.1) is 0 Å². The Morgan fingerprint density at radius 1 is 1.12 bits per heavy atom. The minimum atomic E-state index is 0. The highest BCUT2D eigenvalue weighted by Gasteiger charge is 2.18. The van der Waals surface area contributed by atoms with Gasteiger partial charge in [0.05, 0.1) is 33.1 Å². The fraction of sp³-hybridized carbons (Fsp3) is 0.500. The smallest absolute Gasteiger partial charge is 0.168 e. The van der Waals surface area contributed by atoms with Crippen molar-refractivity contribution in [3.63, 3.8) is 0 Å². The summed E-state index contributed by atoms with van der Waals surface area (Å²) in [7, 11) is 2.21. The Kier molecular flexibility index (Phi) is 7.63. The maximum atomic E-state index is 11.9. The first-order valence-corrected chi connectivity index (χ1v) is 6.03. The van der Waals surface area contributed by atoms with Gasteiger partial charge in [-0.2, -0.15) is 0 Å². The van der Waals surface area contributed by atoms with E-state index in [0.717, 1.165) is 29.7 Å². The highest BCUT2D eigenvalue weighted by atomic mass is 127. The van der Waals surface area contributed by atoms with Crippen LogP contribution in [0.1, 0.15) is 30.6 Å². The normalized spacial score (nSPS) is 10.8. The van der Waals surface area contributed by atoms with Crippen LogP contribution in [0.25, 0.3) is 0 Å². The summed E-state index contributed by atoms with van der Waals surface area (Å²) in [6, 6.07) is 9.56. The van der Waals surface area contributed by atoms with Crippen LogP contribution in [0.5, 0.6) is 0 Å². The van der Waals surface area contributed by atoms with Crippen molar-refractivity contribution in [3.05, 3.63) is 35.9 Å². The third-order valence-corrected chi connectivity index (χ3v) is 3.50. The molecule has 0 aromatic heterocycles. The van der Waals surface area contributed by atoms with Crippen molar-refractivity contribution in [2.45, 2.75) is 20.3 Å². The molecule has 0 saturated heterocycles. The molecular formula is C14H22INO. The highest BCUT2D eigenvalue weighted by Crippen LogP contribution is 2.08. The number of quaternary nitrogens is 1. The van der Waals surface area contributed by atoms with Crippen LogP contribution in [-0.2, 0) is 0 Å². The number of carbonyl (C=O) groups is 1. The highest BCUT2D eigenvalue weighted by molar-refractivity contribution is 5.96. The molecule has 1 aromatic rings. The lowest BCUT2D eigenvalue weighted by atomic mass is 10.1. The average molecular weight is 347 g/mol. The molecule has 17 heavy (non-hydrogen) atoms. The van der Waals surface area contributed by atoms with Gasteiger partial charge in [-0.25, -0.2) is 0 Å². The number of carbonyl (C=O) groups excluding carboxylic acids is 1. The van der Waals surface area contributed by atoms with Gasteiger partial charge in [0.1, 0.15) is 0 Å². The third kappa shape index (κ3) is 5.17. The van der Waals surface area contributed by atoms with Crippen molar-refractivity contribution in [1.29, 1.82) is 0 Å². The second-order valence-corrected chi connectivity index (χ2v) is 4.51. The van der Waals surface area contributed by atoms with Crippen molar-refractivity contribution in [1.82, 2.24) is 0 Å².